The van der Waals surface area contributed by atoms with E-state index in [1.54, 1.807) is 17.7 Å². The maximum Gasteiger partial charge on any atom is 0.294 e. The van der Waals surface area contributed by atoms with Crippen molar-refractivity contribution in [1.29, 1.82) is 0 Å². The quantitative estimate of drug-likeness (QED) is 0.243. The van der Waals surface area contributed by atoms with Crippen LogP contribution in [0.2, 0.25) is 0 Å². The van der Waals surface area contributed by atoms with E-state index in [0.29, 0.717) is 41.8 Å². The highest BCUT2D eigenvalue weighted by Gasteiger charge is 2.33. The maximum atomic E-state index is 13.6. The molecule has 0 unspecified atom stereocenters. The molecule has 0 amide bonds. The Balaban J connectivity index is 1.67. The zero-order chi connectivity index (χ0) is 29.0. The number of nitrogens with one attached hydrogen (secondary N) is 1. The first-order chi connectivity index (χ1) is 19.1. The lowest BCUT2D eigenvalue weighted by atomic mass is 9.93. The normalized spacial score (nSPS) is 15.8. The van der Waals surface area contributed by atoms with E-state index in [4.69, 9.17) is 9.72 Å². The number of aromatic nitrogens is 3. The highest BCUT2D eigenvalue weighted by molar-refractivity contribution is 7.89. The summed E-state index contributed by atoms with van der Waals surface area (Å²) < 4.78 is 36.2. The molecule has 1 aliphatic heterocycles. The smallest absolute Gasteiger partial charge is 0.294 e. The van der Waals surface area contributed by atoms with Gasteiger partial charge in [0.15, 0.2) is 0 Å². The van der Waals surface area contributed by atoms with Gasteiger partial charge in [-0.3, -0.25) is 4.79 Å². The lowest BCUT2D eigenvalue weighted by molar-refractivity contribution is -0.759. The number of sulfonamides is 1. The number of nitrogens with zero attached hydrogens (tertiary/aromatic N) is 4. The molecule has 2 aromatic heterocycles. The van der Waals surface area contributed by atoms with Gasteiger partial charge >= 0.3 is 0 Å². The number of rotatable bonds is 12. The minimum Gasteiger partial charge on any atom is -0.493 e. The molecule has 0 saturated carbocycles. The number of hydrogen-bond acceptors (Lipinski definition) is 9. The van der Waals surface area contributed by atoms with Crippen LogP contribution in [0.3, 0.4) is 0 Å². The number of hydrogen-bond donors (Lipinski definition) is 2. The number of aryl methyl sites for hydroxylation is 2. The lowest BCUT2D eigenvalue weighted by Crippen LogP contribution is -2.42. The Labute approximate surface area is 231 Å². The zero-order valence-corrected chi connectivity index (χ0v) is 23.6. The van der Waals surface area contributed by atoms with Crippen molar-refractivity contribution in [2.45, 2.75) is 57.0 Å². The van der Waals surface area contributed by atoms with Crippen LogP contribution < -0.4 is 10.3 Å². The fraction of sp³-hybridized carbons (Fsp3) is 0.538. The predicted molar refractivity (Wildman–Crippen MR) is 147 cm³/mol. The summed E-state index contributed by atoms with van der Waals surface area (Å²) in [5, 5.41) is 19.7. The van der Waals surface area contributed by atoms with Crippen molar-refractivity contribution in [2.75, 3.05) is 26.3 Å². The zero-order valence-electron chi connectivity index (χ0n) is 22.8. The Morgan fingerprint density at radius 3 is 2.62 bits per heavy atom. The van der Waals surface area contributed by atoms with E-state index in [2.05, 4.69) is 9.82 Å². The third-order valence-corrected chi connectivity index (χ3v) is 9.01. The highest BCUT2D eigenvalue weighted by Crippen LogP contribution is 2.34. The number of aliphatic hydroxyl groups excluding tert-OH is 1. The first-order valence-corrected chi connectivity index (χ1v) is 14.8. The fourth-order valence-corrected chi connectivity index (χ4v) is 6.57. The molecule has 0 bridgehead atoms. The van der Waals surface area contributed by atoms with Crippen molar-refractivity contribution in [1.82, 2.24) is 18.8 Å². The second-order valence-corrected chi connectivity index (χ2v) is 11.9. The van der Waals surface area contributed by atoms with Crippen molar-refractivity contribution in [3.05, 3.63) is 50.4 Å². The minimum absolute atomic E-state index is 0.0200. The molecule has 13 nitrogen and oxygen atoms in total. The summed E-state index contributed by atoms with van der Waals surface area (Å²) >= 11 is 0. The fourth-order valence-electron chi connectivity index (χ4n) is 5.07. The number of H-pyrrole nitrogens is 1. The monoisotopic (exact) mass is 577 g/mol. The van der Waals surface area contributed by atoms with Crippen LogP contribution in [0.1, 0.15) is 45.1 Å². The number of aromatic amines is 1. The van der Waals surface area contributed by atoms with Crippen LogP contribution >= 0.6 is 0 Å². The SMILES string of the molecule is CCCOc1ccc(S(=O)(=O)N2CCC([C@H](O)CO[N+](=O)[O-])CC2)cc1-c1nc2c(CCC)cn(C)c2c(=O)[nH]1. The van der Waals surface area contributed by atoms with E-state index in [0.717, 1.165) is 24.8 Å². The Bertz CT molecular complexity index is 1530. The van der Waals surface area contributed by atoms with Crippen LogP contribution in [0, 0.1) is 16.0 Å². The number of ether oxygens (including phenoxy) is 1. The average Bonchev–Trinajstić information content (AvgIpc) is 3.25. The van der Waals surface area contributed by atoms with Gasteiger partial charge in [0, 0.05) is 26.3 Å². The van der Waals surface area contributed by atoms with Gasteiger partial charge < -0.3 is 24.2 Å². The van der Waals surface area contributed by atoms with E-state index >= 15 is 0 Å². The molecule has 0 aliphatic carbocycles. The molecule has 218 valence electrons. The van der Waals surface area contributed by atoms with Crippen LogP contribution in [0.5, 0.6) is 5.75 Å². The van der Waals surface area contributed by atoms with Gasteiger partial charge in [0.2, 0.25) is 10.0 Å². The highest BCUT2D eigenvalue weighted by atomic mass is 32.2. The van der Waals surface area contributed by atoms with Gasteiger partial charge in [-0.2, -0.15) is 4.31 Å². The molecule has 1 atom stereocenters. The Kier molecular flexibility index (Phi) is 9.11. The number of aliphatic hydroxyl groups is 1. The van der Waals surface area contributed by atoms with Crippen LogP contribution in [0.15, 0.2) is 34.1 Å². The van der Waals surface area contributed by atoms with Crippen LogP contribution in [-0.4, -0.2) is 69.9 Å². The number of fused-ring (bicyclic) bond motifs is 1. The molecule has 2 N–H and O–H groups in total. The summed E-state index contributed by atoms with van der Waals surface area (Å²) in [5.74, 6) is 0.302. The summed E-state index contributed by atoms with van der Waals surface area (Å²) in [6, 6.07) is 4.52. The lowest BCUT2D eigenvalue weighted by Gasteiger charge is -2.33. The van der Waals surface area contributed by atoms with Gasteiger partial charge in [-0.1, -0.05) is 20.3 Å². The summed E-state index contributed by atoms with van der Waals surface area (Å²) in [5.41, 5.74) is 1.98. The molecule has 1 saturated heterocycles. The van der Waals surface area contributed by atoms with E-state index in [1.807, 2.05) is 20.0 Å². The second-order valence-electron chi connectivity index (χ2n) is 9.96. The molecular weight excluding hydrogens is 542 g/mol. The second kappa shape index (κ2) is 12.4. The molecule has 3 heterocycles. The predicted octanol–water partition coefficient (Wildman–Crippen LogP) is 2.64. The van der Waals surface area contributed by atoms with Gasteiger partial charge in [0.1, 0.15) is 23.7 Å². The first-order valence-electron chi connectivity index (χ1n) is 13.4. The van der Waals surface area contributed by atoms with Crippen LogP contribution in [0.25, 0.3) is 22.4 Å². The standard InChI is InChI=1S/C26H35N5O8S/c1-4-6-18-15-29(3)24-23(18)27-25(28-26(24)33)20-14-19(7-8-22(20)38-13-5-2)40(36,37)30-11-9-17(10-12-30)21(32)16-39-31(34)35/h7-8,14-15,17,21,32H,4-6,9-13,16H2,1-3H3,(H,27,28,33)/t21-/m1/s1. The van der Waals surface area contributed by atoms with E-state index < -0.39 is 27.8 Å². The van der Waals surface area contributed by atoms with Gasteiger partial charge in [0.25, 0.3) is 10.6 Å². The molecule has 40 heavy (non-hydrogen) atoms. The summed E-state index contributed by atoms with van der Waals surface area (Å²) in [7, 11) is -2.15. The molecule has 1 aromatic carbocycles. The van der Waals surface area contributed by atoms with E-state index in [9.17, 15) is 28.4 Å². The molecule has 4 rings (SSSR count). The van der Waals surface area contributed by atoms with Crippen LogP contribution in [-0.2, 0) is 28.3 Å². The van der Waals surface area contributed by atoms with Crippen molar-refractivity contribution in [3.63, 3.8) is 0 Å². The number of piperidine rings is 1. The maximum absolute atomic E-state index is 13.6. The van der Waals surface area contributed by atoms with Gasteiger partial charge in [-0.15, -0.1) is 10.1 Å². The summed E-state index contributed by atoms with van der Waals surface area (Å²) in [6.07, 6.45) is 3.82. The average molecular weight is 578 g/mol. The van der Waals surface area contributed by atoms with Crippen LogP contribution in [0.4, 0.5) is 0 Å². The molecule has 1 fully saturated rings. The van der Waals surface area contributed by atoms with Gasteiger partial charge in [0.05, 0.1) is 28.7 Å². The van der Waals surface area contributed by atoms with Crippen molar-refractivity contribution < 1.29 is 28.2 Å². The van der Waals surface area contributed by atoms with Gasteiger partial charge in [-0.05, 0) is 55.4 Å². The first kappa shape index (κ1) is 29.5. The third-order valence-electron chi connectivity index (χ3n) is 7.12. The summed E-state index contributed by atoms with van der Waals surface area (Å²) in [4.78, 5) is 35.4. The third kappa shape index (κ3) is 6.13. The largest absolute Gasteiger partial charge is 0.493 e. The molecule has 0 spiro atoms. The van der Waals surface area contributed by atoms with Crippen molar-refractivity contribution in [3.8, 4) is 17.1 Å². The van der Waals surface area contributed by atoms with Crippen molar-refractivity contribution >= 4 is 21.1 Å². The Morgan fingerprint density at radius 2 is 1.98 bits per heavy atom. The molecule has 1 aliphatic rings. The molecule has 0 radical (unpaired) electrons. The topological polar surface area (TPSA) is 170 Å². The molecule has 3 aromatic rings. The Hall–Kier alpha value is -3.49. The molecular formula is C26H35N5O8S. The Morgan fingerprint density at radius 1 is 1.25 bits per heavy atom. The number of benzene rings is 1. The minimum atomic E-state index is -3.94. The van der Waals surface area contributed by atoms with E-state index in [1.165, 1.54) is 16.4 Å². The van der Waals surface area contributed by atoms with E-state index in [-0.39, 0.29) is 35.3 Å². The summed E-state index contributed by atoms with van der Waals surface area (Å²) in [6.45, 7) is 4.21. The van der Waals surface area contributed by atoms with Gasteiger partial charge in [-0.25, -0.2) is 13.4 Å². The van der Waals surface area contributed by atoms with Crippen molar-refractivity contribution in [2.24, 2.45) is 13.0 Å². The molecule has 14 heteroatoms.